The Bertz CT molecular complexity index is 656. The van der Waals surface area contributed by atoms with Gasteiger partial charge in [-0.25, -0.2) is 24.6 Å². The van der Waals surface area contributed by atoms with Crippen molar-refractivity contribution in [3.05, 3.63) is 41.7 Å². The molecule has 0 unspecified atom stereocenters. The summed E-state index contributed by atoms with van der Waals surface area (Å²) in [4.78, 5) is 8.83. The van der Waals surface area contributed by atoms with Crippen molar-refractivity contribution in [3.8, 4) is 0 Å². The van der Waals surface area contributed by atoms with Gasteiger partial charge in [-0.1, -0.05) is 32.5 Å². The summed E-state index contributed by atoms with van der Waals surface area (Å²) in [6.45, 7) is 5.87. The Hall–Kier alpha value is -1.73. The number of aromatic nitrogens is 2. The fourth-order valence-corrected chi connectivity index (χ4v) is 2.42. The SMILES string of the molecule is CC(C)(C)c1nc(NN)cc(Sc2cc(F)ccc2F)n1. The third-order valence-electron chi connectivity index (χ3n) is 2.63. The van der Waals surface area contributed by atoms with Crippen molar-refractivity contribution < 1.29 is 8.78 Å². The van der Waals surface area contributed by atoms with Gasteiger partial charge in [-0.15, -0.1) is 0 Å². The number of halogens is 2. The lowest BCUT2D eigenvalue weighted by Crippen LogP contribution is -2.19. The summed E-state index contributed by atoms with van der Waals surface area (Å²) < 4.78 is 26.9. The average Bonchev–Trinajstić information content (AvgIpc) is 2.41. The second-order valence-electron chi connectivity index (χ2n) is 5.49. The highest BCUT2D eigenvalue weighted by molar-refractivity contribution is 7.99. The van der Waals surface area contributed by atoms with Crippen molar-refractivity contribution in [2.75, 3.05) is 5.43 Å². The molecule has 0 amide bonds. The zero-order valence-corrected chi connectivity index (χ0v) is 12.8. The topological polar surface area (TPSA) is 63.8 Å². The van der Waals surface area contributed by atoms with E-state index in [1.54, 1.807) is 6.07 Å². The molecule has 0 spiro atoms. The molecule has 2 rings (SSSR count). The Morgan fingerprint density at radius 2 is 1.86 bits per heavy atom. The second kappa shape index (κ2) is 5.95. The van der Waals surface area contributed by atoms with Crippen molar-refractivity contribution in [2.24, 2.45) is 5.84 Å². The summed E-state index contributed by atoms with van der Waals surface area (Å²) in [5.41, 5.74) is 2.17. The molecule has 0 atom stereocenters. The molecule has 0 radical (unpaired) electrons. The Kier molecular flexibility index (Phi) is 4.43. The van der Waals surface area contributed by atoms with Crippen LogP contribution in [0.15, 0.2) is 34.2 Å². The van der Waals surface area contributed by atoms with E-state index >= 15 is 0 Å². The van der Waals surface area contributed by atoms with Gasteiger partial charge in [-0.2, -0.15) is 0 Å². The van der Waals surface area contributed by atoms with Gasteiger partial charge in [-0.05, 0) is 18.2 Å². The highest BCUT2D eigenvalue weighted by atomic mass is 32.2. The molecular formula is C14H16F2N4S. The van der Waals surface area contributed by atoms with Crippen molar-refractivity contribution in [1.29, 1.82) is 0 Å². The molecule has 0 fully saturated rings. The molecule has 112 valence electrons. The van der Waals surface area contributed by atoms with Crippen LogP contribution in [0.4, 0.5) is 14.6 Å². The number of anilines is 1. The molecule has 1 heterocycles. The summed E-state index contributed by atoms with van der Waals surface area (Å²) in [5, 5.41) is 0.493. The van der Waals surface area contributed by atoms with Crippen molar-refractivity contribution in [2.45, 2.75) is 36.1 Å². The Morgan fingerprint density at radius 1 is 1.14 bits per heavy atom. The van der Waals surface area contributed by atoms with Gasteiger partial charge in [0.1, 0.15) is 28.3 Å². The van der Waals surface area contributed by atoms with Gasteiger partial charge in [0.15, 0.2) is 0 Å². The predicted octanol–water partition coefficient (Wildman–Crippen LogP) is 3.49. The lowest BCUT2D eigenvalue weighted by Gasteiger charge is -2.18. The van der Waals surface area contributed by atoms with E-state index in [0.29, 0.717) is 16.7 Å². The van der Waals surface area contributed by atoms with Crippen LogP contribution in [0.1, 0.15) is 26.6 Å². The fourth-order valence-electron chi connectivity index (χ4n) is 1.55. The van der Waals surface area contributed by atoms with Crippen LogP contribution in [0.5, 0.6) is 0 Å². The zero-order valence-electron chi connectivity index (χ0n) is 11.9. The molecule has 0 aliphatic heterocycles. The van der Waals surface area contributed by atoms with Crippen LogP contribution >= 0.6 is 11.8 Å². The molecule has 1 aromatic carbocycles. The van der Waals surface area contributed by atoms with E-state index in [1.165, 1.54) is 0 Å². The van der Waals surface area contributed by atoms with Crippen LogP contribution in [-0.4, -0.2) is 9.97 Å². The second-order valence-corrected chi connectivity index (χ2v) is 6.55. The number of hydrogen-bond donors (Lipinski definition) is 2. The van der Waals surface area contributed by atoms with Gasteiger partial charge in [0.2, 0.25) is 0 Å². The molecule has 7 heteroatoms. The van der Waals surface area contributed by atoms with E-state index in [4.69, 9.17) is 5.84 Å². The maximum absolute atomic E-state index is 13.7. The molecule has 3 N–H and O–H groups in total. The monoisotopic (exact) mass is 310 g/mol. The maximum Gasteiger partial charge on any atom is 0.144 e. The largest absolute Gasteiger partial charge is 0.308 e. The standard InChI is InChI=1S/C14H16F2N4S/c1-14(2,3)13-18-11(20-17)7-12(19-13)21-10-6-8(15)4-5-9(10)16/h4-7H,17H2,1-3H3,(H,18,19,20). The number of nitrogens with two attached hydrogens (primary N) is 1. The minimum atomic E-state index is -0.500. The van der Waals surface area contributed by atoms with Crippen LogP contribution in [-0.2, 0) is 5.41 Å². The lowest BCUT2D eigenvalue weighted by atomic mass is 9.96. The zero-order chi connectivity index (χ0) is 15.6. The van der Waals surface area contributed by atoms with Crippen LogP contribution in [0.2, 0.25) is 0 Å². The minimum Gasteiger partial charge on any atom is -0.308 e. The molecule has 0 saturated heterocycles. The van der Waals surface area contributed by atoms with Crippen LogP contribution in [0.25, 0.3) is 0 Å². The van der Waals surface area contributed by atoms with Gasteiger partial charge in [-0.3, -0.25) is 0 Å². The van der Waals surface area contributed by atoms with Crippen LogP contribution < -0.4 is 11.3 Å². The normalized spacial score (nSPS) is 11.5. The number of benzene rings is 1. The van der Waals surface area contributed by atoms with Gasteiger partial charge >= 0.3 is 0 Å². The van der Waals surface area contributed by atoms with E-state index in [0.717, 1.165) is 30.0 Å². The minimum absolute atomic E-state index is 0.163. The third-order valence-corrected chi connectivity index (χ3v) is 3.58. The number of rotatable bonds is 3. The Labute approximate surface area is 126 Å². The molecular weight excluding hydrogens is 294 g/mol. The van der Waals surface area contributed by atoms with Gasteiger partial charge in [0, 0.05) is 11.5 Å². The number of nitrogens with zero attached hydrogens (tertiary/aromatic N) is 2. The molecule has 0 aliphatic rings. The summed E-state index contributed by atoms with van der Waals surface area (Å²) in [7, 11) is 0. The quantitative estimate of drug-likeness (QED) is 0.516. The number of nitrogen functional groups attached to an aromatic ring is 1. The van der Waals surface area contributed by atoms with Crippen LogP contribution in [0, 0.1) is 11.6 Å². The van der Waals surface area contributed by atoms with Gasteiger partial charge in [0.25, 0.3) is 0 Å². The number of hydrogen-bond acceptors (Lipinski definition) is 5. The number of nitrogens with one attached hydrogen (secondary N) is 1. The summed E-state index contributed by atoms with van der Waals surface area (Å²) >= 11 is 1.03. The first-order valence-electron chi connectivity index (χ1n) is 6.28. The summed E-state index contributed by atoms with van der Waals surface area (Å²) in [6, 6.07) is 4.89. The van der Waals surface area contributed by atoms with E-state index in [9.17, 15) is 8.78 Å². The first kappa shape index (κ1) is 15.7. The van der Waals surface area contributed by atoms with Crippen molar-refractivity contribution >= 4 is 17.6 Å². The first-order valence-corrected chi connectivity index (χ1v) is 7.10. The van der Waals surface area contributed by atoms with E-state index in [1.807, 2.05) is 20.8 Å². The number of hydrazine groups is 1. The van der Waals surface area contributed by atoms with Crippen LogP contribution in [0.3, 0.4) is 0 Å². The Morgan fingerprint density at radius 3 is 2.48 bits per heavy atom. The highest BCUT2D eigenvalue weighted by Gasteiger charge is 2.19. The van der Waals surface area contributed by atoms with Crippen molar-refractivity contribution in [3.63, 3.8) is 0 Å². The van der Waals surface area contributed by atoms with Crippen molar-refractivity contribution in [1.82, 2.24) is 9.97 Å². The third kappa shape index (κ3) is 3.89. The Balaban J connectivity index is 2.42. The predicted molar refractivity (Wildman–Crippen MR) is 79.0 cm³/mol. The molecule has 1 aromatic heterocycles. The van der Waals surface area contributed by atoms with Gasteiger partial charge < -0.3 is 5.43 Å². The smallest absolute Gasteiger partial charge is 0.144 e. The molecule has 0 aliphatic carbocycles. The first-order chi connectivity index (χ1) is 9.79. The maximum atomic E-state index is 13.7. The lowest BCUT2D eigenvalue weighted by molar-refractivity contribution is 0.539. The molecule has 2 aromatic rings. The summed E-state index contributed by atoms with van der Waals surface area (Å²) in [5.74, 6) is 5.39. The van der Waals surface area contributed by atoms with Gasteiger partial charge in [0.05, 0.1) is 4.90 Å². The van der Waals surface area contributed by atoms with E-state index < -0.39 is 11.6 Å². The fraction of sp³-hybridized carbons (Fsp3) is 0.286. The molecule has 21 heavy (non-hydrogen) atoms. The van der Waals surface area contributed by atoms with E-state index in [2.05, 4.69) is 15.4 Å². The molecule has 0 bridgehead atoms. The summed E-state index contributed by atoms with van der Waals surface area (Å²) in [6.07, 6.45) is 0. The molecule has 0 saturated carbocycles. The van der Waals surface area contributed by atoms with E-state index in [-0.39, 0.29) is 10.3 Å². The molecule has 4 nitrogen and oxygen atoms in total. The average molecular weight is 310 g/mol. The highest BCUT2D eigenvalue weighted by Crippen LogP contribution is 2.31.